The predicted octanol–water partition coefficient (Wildman–Crippen LogP) is 3.90. The Balaban J connectivity index is 2.46. The van der Waals surface area contributed by atoms with Crippen LogP contribution in [0, 0.1) is 6.92 Å². The first kappa shape index (κ1) is 16.2. The molecule has 22 heavy (non-hydrogen) atoms. The molecule has 0 bridgehead atoms. The number of allylic oxidation sites excluding steroid dienone is 3. The lowest BCUT2D eigenvalue weighted by atomic mass is 10.0. The molecule has 1 heterocycles. The summed E-state index contributed by atoms with van der Waals surface area (Å²) in [4.78, 5) is 4.34. The zero-order valence-corrected chi connectivity index (χ0v) is 14.0. The van der Waals surface area contributed by atoms with Gasteiger partial charge in [0.15, 0.2) is 0 Å². The van der Waals surface area contributed by atoms with Gasteiger partial charge < -0.3 is 14.5 Å². The van der Waals surface area contributed by atoms with Crippen molar-refractivity contribution in [3.8, 4) is 5.75 Å². The minimum absolute atomic E-state index is 0.199. The topological polar surface area (TPSA) is 15.7 Å². The van der Waals surface area contributed by atoms with Crippen LogP contribution in [-0.4, -0.2) is 31.8 Å². The highest BCUT2D eigenvalue weighted by molar-refractivity contribution is 5.67. The van der Waals surface area contributed by atoms with Crippen molar-refractivity contribution in [3.05, 3.63) is 60.3 Å². The van der Waals surface area contributed by atoms with Gasteiger partial charge in [0, 0.05) is 19.7 Å². The molecule has 0 amide bonds. The normalized spacial score (nSPS) is 17.8. The molecule has 1 aliphatic rings. The lowest BCUT2D eigenvalue weighted by molar-refractivity contribution is 0.335. The van der Waals surface area contributed by atoms with E-state index in [1.165, 1.54) is 11.1 Å². The number of anilines is 1. The maximum Gasteiger partial charge on any atom is 0.146 e. The highest BCUT2D eigenvalue weighted by Gasteiger charge is 2.21. The molecule has 0 spiro atoms. The number of hydrogen-bond donors (Lipinski definition) is 0. The molecule has 0 saturated carbocycles. The smallest absolute Gasteiger partial charge is 0.146 e. The monoisotopic (exact) mass is 298 g/mol. The van der Waals surface area contributed by atoms with Crippen molar-refractivity contribution in [2.75, 3.05) is 25.6 Å². The second-order valence-electron chi connectivity index (χ2n) is 5.68. The molecular formula is C19H26N2O. The van der Waals surface area contributed by atoms with Gasteiger partial charge >= 0.3 is 0 Å². The van der Waals surface area contributed by atoms with E-state index in [0.29, 0.717) is 6.61 Å². The van der Waals surface area contributed by atoms with Gasteiger partial charge in [0.25, 0.3) is 0 Å². The van der Waals surface area contributed by atoms with Crippen LogP contribution >= 0.6 is 0 Å². The van der Waals surface area contributed by atoms with Crippen molar-refractivity contribution in [3.63, 3.8) is 0 Å². The molecule has 3 nitrogen and oxygen atoms in total. The third-order valence-corrected chi connectivity index (χ3v) is 4.25. The fourth-order valence-electron chi connectivity index (χ4n) is 2.62. The fourth-order valence-corrected chi connectivity index (χ4v) is 2.62. The van der Waals surface area contributed by atoms with Gasteiger partial charge in [-0.3, -0.25) is 0 Å². The molecule has 3 heteroatoms. The van der Waals surface area contributed by atoms with Crippen molar-refractivity contribution in [2.24, 2.45) is 0 Å². The minimum atomic E-state index is 0.199. The molecule has 0 aromatic heterocycles. The summed E-state index contributed by atoms with van der Waals surface area (Å²) in [6, 6.07) is 4.34. The molecule has 1 aliphatic heterocycles. The molecule has 1 aromatic carbocycles. The largest absolute Gasteiger partial charge is 0.487 e. The number of ether oxygens (including phenoxy) is 1. The van der Waals surface area contributed by atoms with Crippen molar-refractivity contribution in [1.29, 1.82) is 0 Å². The van der Waals surface area contributed by atoms with E-state index >= 15 is 0 Å². The zero-order valence-electron chi connectivity index (χ0n) is 14.0. The standard InChI is InChI=1S/C19H26N2O/c1-6-20(4)16(3)21(5)18-15(2)12-13-17-11-9-7-8-10-14-22-19(17)18/h6-10,12-13,16H,1,11,14H2,2-5H3/b9-7-,10-8-. The van der Waals surface area contributed by atoms with E-state index in [1.807, 2.05) is 25.4 Å². The third kappa shape index (κ3) is 3.35. The molecule has 0 aliphatic carbocycles. The minimum Gasteiger partial charge on any atom is -0.487 e. The molecule has 0 saturated heterocycles. The summed E-state index contributed by atoms with van der Waals surface area (Å²) >= 11 is 0. The van der Waals surface area contributed by atoms with Crippen LogP contribution in [0.5, 0.6) is 5.75 Å². The van der Waals surface area contributed by atoms with E-state index in [4.69, 9.17) is 4.74 Å². The van der Waals surface area contributed by atoms with Crippen LogP contribution in [0.1, 0.15) is 18.1 Å². The van der Waals surface area contributed by atoms with E-state index in [0.717, 1.165) is 17.9 Å². The van der Waals surface area contributed by atoms with Gasteiger partial charge in [0.2, 0.25) is 0 Å². The van der Waals surface area contributed by atoms with Crippen LogP contribution < -0.4 is 9.64 Å². The Morgan fingerprint density at radius 2 is 1.95 bits per heavy atom. The predicted molar refractivity (Wildman–Crippen MR) is 94.5 cm³/mol. The van der Waals surface area contributed by atoms with Crippen LogP contribution in [0.3, 0.4) is 0 Å². The number of rotatable bonds is 4. The average molecular weight is 298 g/mol. The number of benzene rings is 1. The summed E-state index contributed by atoms with van der Waals surface area (Å²) in [6.07, 6.45) is 11.3. The molecule has 1 unspecified atom stereocenters. The van der Waals surface area contributed by atoms with Gasteiger partial charge in [0.05, 0.1) is 11.9 Å². The first-order chi connectivity index (χ1) is 10.6. The molecule has 1 atom stereocenters. The third-order valence-electron chi connectivity index (χ3n) is 4.25. The van der Waals surface area contributed by atoms with Crippen molar-refractivity contribution >= 4 is 5.69 Å². The number of aryl methyl sites for hydroxylation is 1. The molecule has 0 radical (unpaired) electrons. The summed E-state index contributed by atoms with van der Waals surface area (Å²) in [7, 11) is 4.14. The Morgan fingerprint density at radius 1 is 1.23 bits per heavy atom. The van der Waals surface area contributed by atoms with Crippen molar-refractivity contribution in [1.82, 2.24) is 4.90 Å². The van der Waals surface area contributed by atoms with Gasteiger partial charge in [-0.05, 0) is 38.1 Å². The average Bonchev–Trinajstić information content (AvgIpc) is 2.64. The van der Waals surface area contributed by atoms with Crippen LogP contribution in [0.4, 0.5) is 5.69 Å². The van der Waals surface area contributed by atoms with Gasteiger partial charge in [-0.15, -0.1) is 0 Å². The molecule has 0 fully saturated rings. The van der Waals surface area contributed by atoms with E-state index in [2.05, 4.69) is 61.6 Å². The summed E-state index contributed by atoms with van der Waals surface area (Å²) in [5.74, 6) is 0.989. The van der Waals surface area contributed by atoms with E-state index < -0.39 is 0 Å². The molecule has 118 valence electrons. The molecule has 2 rings (SSSR count). The van der Waals surface area contributed by atoms with Gasteiger partial charge in [-0.1, -0.05) is 36.9 Å². The summed E-state index contributed by atoms with van der Waals surface area (Å²) in [6.45, 7) is 8.74. The molecule has 1 aromatic rings. The van der Waals surface area contributed by atoms with E-state index in [-0.39, 0.29) is 6.17 Å². The quantitative estimate of drug-likeness (QED) is 0.784. The summed E-state index contributed by atoms with van der Waals surface area (Å²) < 4.78 is 6.09. The number of hydrogen-bond acceptors (Lipinski definition) is 3. The van der Waals surface area contributed by atoms with Gasteiger partial charge in [-0.2, -0.15) is 0 Å². The Hall–Kier alpha value is -2.16. The van der Waals surface area contributed by atoms with Crippen molar-refractivity contribution in [2.45, 2.75) is 26.4 Å². The Morgan fingerprint density at radius 3 is 2.68 bits per heavy atom. The SMILES string of the molecule is C=CN(C)C(C)N(C)c1c(C)ccc2c1OC/C=C\C=C/C2. The van der Waals surface area contributed by atoms with E-state index in [1.54, 1.807) is 0 Å². The Labute approximate surface area is 134 Å². The molecule has 0 N–H and O–H groups in total. The summed E-state index contributed by atoms with van der Waals surface area (Å²) in [5, 5.41) is 0. The lowest BCUT2D eigenvalue weighted by Crippen LogP contribution is -2.40. The van der Waals surface area contributed by atoms with E-state index in [9.17, 15) is 0 Å². The second-order valence-corrected chi connectivity index (χ2v) is 5.68. The maximum absolute atomic E-state index is 6.09. The summed E-state index contributed by atoms with van der Waals surface area (Å²) in [5.41, 5.74) is 3.60. The van der Waals surface area contributed by atoms with Crippen LogP contribution in [0.2, 0.25) is 0 Å². The lowest BCUT2D eigenvalue weighted by Gasteiger charge is -2.35. The van der Waals surface area contributed by atoms with Crippen LogP contribution in [0.25, 0.3) is 0 Å². The van der Waals surface area contributed by atoms with Gasteiger partial charge in [-0.25, -0.2) is 0 Å². The van der Waals surface area contributed by atoms with Gasteiger partial charge in [0.1, 0.15) is 12.4 Å². The molecular weight excluding hydrogens is 272 g/mol. The van der Waals surface area contributed by atoms with Crippen LogP contribution in [-0.2, 0) is 6.42 Å². The van der Waals surface area contributed by atoms with Crippen LogP contribution in [0.15, 0.2) is 49.2 Å². The zero-order chi connectivity index (χ0) is 16.1. The number of fused-ring (bicyclic) bond motifs is 1. The van der Waals surface area contributed by atoms with Crippen molar-refractivity contribution < 1.29 is 4.74 Å². The number of nitrogens with zero attached hydrogens (tertiary/aromatic N) is 2. The Bertz CT molecular complexity index is 589. The second kappa shape index (κ2) is 7.21. The highest BCUT2D eigenvalue weighted by atomic mass is 16.5. The fraction of sp³-hybridized carbons (Fsp3) is 0.368. The maximum atomic E-state index is 6.09. The Kier molecular flexibility index (Phi) is 5.31. The highest BCUT2D eigenvalue weighted by Crippen LogP contribution is 2.37. The first-order valence-corrected chi connectivity index (χ1v) is 7.70. The first-order valence-electron chi connectivity index (χ1n) is 7.70.